The van der Waals surface area contributed by atoms with Crippen molar-refractivity contribution in [2.24, 2.45) is 13.0 Å². The average molecular weight is 280 g/mol. The molecule has 2 rings (SSSR count). The molecule has 0 spiro atoms. The van der Waals surface area contributed by atoms with Crippen LogP contribution in [0.4, 0.5) is 4.79 Å². The van der Waals surface area contributed by atoms with E-state index >= 15 is 0 Å². The van der Waals surface area contributed by atoms with Crippen molar-refractivity contribution in [2.75, 3.05) is 0 Å². The topological polar surface area (TPSA) is 96.2 Å². The summed E-state index contributed by atoms with van der Waals surface area (Å²) in [5.74, 6) is -1.11. The number of rotatable bonds is 4. The SMILES string of the molecule is Cn1cc(CNC(=O)NC2CCCC(C(=O)O)C2)cn1. The molecule has 0 aliphatic heterocycles. The summed E-state index contributed by atoms with van der Waals surface area (Å²) in [6, 6.07) is -0.316. The molecule has 7 heteroatoms. The summed E-state index contributed by atoms with van der Waals surface area (Å²) in [5, 5.41) is 18.6. The van der Waals surface area contributed by atoms with Gasteiger partial charge in [0.1, 0.15) is 0 Å². The molecule has 1 aromatic rings. The highest BCUT2D eigenvalue weighted by Crippen LogP contribution is 2.24. The van der Waals surface area contributed by atoms with Gasteiger partial charge in [0, 0.05) is 31.4 Å². The van der Waals surface area contributed by atoms with Gasteiger partial charge < -0.3 is 15.7 Å². The standard InChI is InChI=1S/C13H20N4O3/c1-17-8-9(7-15-17)6-14-13(20)16-11-4-2-3-10(5-11)12(18)19/h7-8,10-11H,2-6H2,1H3,(H,18,19)(H2,14,16,20). The number of carbonyl (C=O) groups is 2. The zero-order valence-electron chi connectivity index (χ0n) is 11.5. The first-order valence-corrected chi connectivity index (χ1v) is 6.79. The van der Waals surface area contributed by atoms with Gasteiger partial charge in [0.2, 0.25) is 0 Å². The molecule has 2 atom stereocenters. The number of aromatic nitrogens is 2. The molecular weight excluding hydrogens is 260 g/mol. The van der Waals surface area contributed by atoms with Gasteiger partial charge in [0.05, 0.1) is 12.1 Å². The number of aryl methyl sites for hydroxylation is 1. The fraction of sp³-hybridized carbons (Fsp3) is 0.615. The van der Waals surface area contributed by atoms with Crippen LogP contribution in [0.1, 0.15) is 31.2 Å². The van der Waals surface area contributed by atoms with Gasteiger partial charge in [0.25, 0.3) is 0 Å². The molecule has 1 aromatic heterocycles. The van der Waals surface area contributed by atoms with E-state index in [2.05, 4.69) is 15.7 Å². The third-order valence-corrected chi connectivity index (χ3v) is 3.57. The van der Waals surface area contributed by atoms with Gasteiger partial charge in [-0.3, -0.25) is 9.48 Å². The molecule has 1 heterocycles. The number of hydrogen-bond acceptors (Lipinski definition) is 3. The Morgan fingerprint density at radius 1 is 1.50 bits per heavy atom. The van der Waals surface area contributed by atoms with Crippen LogP contribution in [-0.2, 0) is 18.4 Å². The van der Waals surface area contributed by atoms with Crippen molar-refractivity contribution in [3.8, 4) is 0 Å². The Kier molecular flexibility index (Phi) is 4.60. The van der Waals surface area contributed by atoms with Crippen molar-refractivity contribution in [1.29, 1.82) is 0 Å². The molecule has 0 saturated heterocycles. The van der Waals surface area contributed by atoms with Gasteiger partial charge in [-0.2, -0.15) is 5.10 Å². The summed E-state index contributed by atoms with van der Waals surface area (Å²) in [4.78, 5) is 22.7. The summed E-state index contributed by atoms with van der Waals surface area (Å²) < 4.78 is 1.67. The minimum absolute atomic E-state index is 0.0567. The van der Waals surface area contributed by atoms with Crippen LogP contribution in [0.2, 0.25) is 0 Å². The number of carboxylic acids is 1. The third-order valence-electron chi connectivity index (χ3n) is 3.57. The second kappa shape index (κ2) is 6.40. The zero-order valence-corrected chi connectivity index (χ0v) is 11.5. The van der Waals surface area contributed by atoms with Crippen LogP contribution in [0.3, 0.4) is 0 Å². The van der Waals surface area contributed by atoms with Crippen molar-refractivity contribution in [3.63, 3.8) is 0 Å². The van der Waals surface area contributed by atoms with E-state index < -0.39 is 5.97 Å². The number of urea groups is 1. The largest absolute Gasteiger partial charge is 0.481 e. The molecule has 0 bridgehead atoms. The number of nitrogens with one attached hydrogen (secondary N) is 2. The molecule has 0 radical (unpaired) electrons. The molecule has 2 unspecified atom stereocenters. The van der Waals surface area contributed by atoms with E-state index in [1.807, 2.05) is 13.2 Å². The predicted octanol–water partition coefficient (Wildman–Crippen LogP) is 0.863. The summed E-state index contributed by atoms with van der Waals surface area (Å²) in [7, 11) is 1.82. The summed E-state index contributed by atoms with van der Waals surface area (Å²) >= 11 is 0. The van der Waals surface area contributed by atoms with E-state index in [1.54, 1.807) is 10.9 Å². The third kappa shape index (κ3) is 3.97. The average Bonchev–Trinajstić information content (AvgIpc) is 2.82. The maximum Gasteiger partial charge on any atom is 0.315 e. The lowest BCUT2D eigenvalue weighted by molar-refractivity contribution is -0.143. The number of nitrogens with zero attached hydrogens (tertiary/aromatic N) is 2. The smallest absolute Gasteiger partial charge is 0.315 e. The lowest BCUT2D eigenvalue weighted by atomic mass is 9.86. The second-order valence-corrected chi connectivity index (χ2v) is 5.25. The van der Waals surface area contributed by atoms with Crippen LogP contribution in [-0.4, -0.2) is 32.9 Å². The molecule has 1 fully saturated rings. The van der Waals surface area contributed by atoms with E-state index in [0.717, 1.165) is 18.4 Å². The zero-order chi connectivity index (χ0) is 14.5. The Morgan fingerprint density at radius 2 is 2.30 bits per heavy atom. The molecule has 110 valence electrons. The highest BCUT2D eigenvalue weighted by molar-refractivity contribution is 5.74. The molecule has 20 heavy (non-hydrogen) atoms. The van der Waals surface area contributed by atoms with E-state index in [1.165, 1.54) is 0 Å². The summed E-state index contributed by atoms with van der Waals surface area (Å²) in [6.07, 6.45) is 6.41. The van der Waals surface area contributed by atoms with Gasteiger partial charge in [-0.25, -0.2) is 4.79 Å². The van der Waals surface area contributed by atoms with Gasteiger partial charge in [-0.05, 0) is 19.3 Å². The molecule has 3 N–H and O–H groups in total. The van der Waals surface area contributed by atoms with E-state index in [9.17, 15) is 9.59 Å². The molecule has 7 nitrogen and oxygen atoms in total. The Balaban J connectivity index is 1.75. The molecule has 0 aromatic carbocycles. The van der Waals surface area contributed by atoms with Crippen molar-refractivity contribution >= 4 is 12.0 Å². The van der Waals surface area contributed by atoms with Gasteiger partial charge in [-0.15, -0.1) is 0 Å². The Bertz CT molecular complexity index is 486. The number of hydrogen-bond donors (Lipinski definition) is 3. The fourth-order valence-electron chi connectivity index (χ4n) is 2.53. The molecule has 1 aliphatic rings. The second-order valence-electron chi connectivity index (χ2n) is 5.25. The normalized spacial score (nSPS) is 22.2. The maximum atomic E-state index is 11.8. The van der Waals surface area contributed by atoms with Crippen molar-refractivity contribution in [3.05, 3.63) is 18.0 Å². The maximum absolute atomic E-state index is 11.8. The first-order chi connectivity index (χ1) is 9.54. The summed E-state index contributed by atoms with van der Waals surface area (Å²) in [6.45, 7) is 0.411. The minimum atomic E-state index is -0.771. The highest BCUT2D eigenvalue weighted by atomic mass is 16.4. The van der Waals surface area contributed by atoms with Crippen molar-refractivity contribution in [2.45, 2.75) is 38.3 Å². The number of aliphatic carboxylic acids is 1. The Morgan fingerprint density at radius 3 is 2.95 bits per heavy atom. The van der Waals surface area contributed by atoms with E-state index in [-0.39, 0.29) is 18.0 Å². The minimum Gasteiger partial charge on any atom is -0.481 e. The van der Waals surface area contributed by atoms with Crippen LogP contribution in [0.25, 0.3) is 0 Å². The summed E-state index contributed by atoms with van der Waals surface area (Å²) in [5.41, 5.74) is 0.926. The number of carbonyl (C=O) groups excluding carboxylic acids is 1. The fourth-order valence-corrected chi connectivity index (χ4v) is 2.53. The van der Waals surface area contributed by atoms with Crippen molar-refractivity contribution in [1.82, 2.24) is 20.4 Å². The van der Waals surface area contributed by atoms with Crippen LogP contribution in [0, 0.1) is 5.92 Å². The Hall–Kier alpha value is -2.05. The number of amides is 2. The lowest BCUT2D eigenvalue weighted by Crippen LogP contribution is -2.44. The molecule has 1 saturated carbocycles. The first kappa shape index (κ1) is 14.4. The van der Waals surface area contributed by atoms with E-state index in [0.29, 0.717) is 19.4 Å². The van der Waals surface area contributed by atoms with Gasteiger partial charge in [0.15, 0.2) is 0 Å². The van der Waals surface area contributed by atoms with Crippen LogP contribution in [0.15, 0.2) is 12.4 Å². The molecule has 1 aliphatic carbocycles. The number of carboxylic acid groups (broad SMARTS) is 1. The van der Waals surface area contributed by atoms with Gasteiger partial charge in [-0.1, -0.05) is 6.42 Å². The monoisotopic (exact) mass is 280 g/mol. The van der Waals surface area contributed by atoms with Crippen LogP contribution < -0.4 is 10.6 Å². The van der Waals surface area contributed by atoms with E-state index in [4.69, 9.17) is 5.11 Å². The quantitative estimate of drug-likeness (QED) is 0.762. The van der Waals surface area contributed by atoms with Gasteiger partial charge >= 0.3 is 12.0 Å². The van der Waals surface area contributed by atoms with Crippen LogP contribution in [0.5, 0.6) is 0 Å². The lowest BCUT2D eigenvalue weighted by Gasteiger charge is -2.27. The predicted molar refractivity (Wildman–Crippen MR) is 72.0 cm³/mol. The van der Waals surface area contributed by atoms with Crippen LogP contribution >= 0.6 is 0 Å². The Labute approximate surface area is 117 Å². The molecule has 2 amide bonds. The first-order valence-electron chi connectivity index (χ1n) is 6.79. The molecular formula is C13H20N4O3. The van der Waals surface area contributed by atoms with Crippen molar-refractivity contribution < 1.29 is 14.7 Å². The highest BCUT2D eigenvalue weighted by Gasteiger charge is 2.27.